The number of nitrogens with one attached hydrogen (secondary N) is 1. The Morgan fingerprint density at radius 2 is 2.11 bits per heavy atom. The summed E-state index contributed by atoms with van der Waals surface area (Å²) in [5.41, 5.74) is -0.885. The van der Waals surface area contributed by atoms with Gasteiger partial charge in [-0.05, 0) is 20.8 Å². The molecular weight excluding hydrogens is 254 g/mol. The van der Waals surface area contributed by atoms with Gasteiger partial charge in [-0.15, -0.1) is 0 Å². The van der Waals surface area contributed by atoms with Crippen molar-refractivity contribution in [2.24, 2.45) is 0 Å². The van der Waals surface area contributed by atoms with Crippen molar-refractivity contribution in [2.45, 2.75) is 26.4 Å². The highest BCUT2D eigenvalue weighted by atomic mass is 16.6. The summed E-state index contributed by atoms with van der Waals surface area (Å²) < 4.78 is 9.97. The highest BCUT2D eigenvalue weighted by Crippen LogP contribution is 2.26. The van der Waals surface area contributed by atoms with Gasteiger partial charge >= 0.3 is 6.09 Å². The normalized spacial score (nSPS) is 10.7. The summed E-state index contributed by atoms with van der Waals surface area (Å²) in [5, 5.41) is 13.0. The smallest absolute Gasteiger partial charge is 0.413 e. The predicted molar refractivity (Wildman–Crippen MR) is 67.3 cm³/mol. The summed E-state index contributed by atoms with van der Waals surface area (Å²) in [4.78, 5) is 25.3. The molecule has 0 saturated carbocycles. The van der Waals surface area contributed by atoms with Gasteiger partial charge in [0, 0.05) is 0 Å². The Morgan fingerprint density at radius 3 is 2.58 bits per heavy atom. The summed E-state index contributed by atoms with van der Waals surface area (Å²) in [5.74, 6) is 0.141. The largest absolute Gasteiger partial charge is 0.493 e. The Labute approximate surface area is 109 Å². The van der Waals surface area contributed by atoms with Crippen molar-refractivity contribution < 1.29 is 19.2 Å². The van der Waals surface area contributed by atoms with Gasteiger partial charge in [-0.1, -0.05) is 0 Å². The van der Waals surface area contributed by atoms with Gasteiger partial charge in [-0.2, -0.15) is 0 Å². The number of carbonyl (C=O) groups is 1. The number of aromatic nitrogens is 1. The summed E-state index contributed by atoms with van der Waals surface area (Å²) >= 11 is 0. The van der Waals surface area contributed by atoms with Crippen LogP contribution in [0.4, 0.5) is 16.3 Å². The predicted octanol–water partition coefficient (Wildman–Crippen LogP) is 2.35. The number of hydrogen-bond acceptors (Lipinski definition) is 6. The highest BCUT2D eigenvalue weighted by Gasteiger charge is 2.19. The fourth-order valence-corrected chi connectivity index (χ4v) is 1.18. The van der Waals surface area contributed by atoms with Crippen LogP contribution < -0.4 is 10.1 Å². The van der Waals surface area contributed by atoms with Gasteiger partial charge in [0.05, 0.1) is 18.1 Å². The molecular formula is C11H15N3O5. The molecule has 0 spiro atoms. The van der Waals surface area contributed by atoms with Gasteiger partial charge in [0.15, 0.2) is 11.6 Å². The molecule has 1 amide bonds. The molecule has 0 fully saturated rings. The number of rotatable bonds is 3. The van der Waals surface area contributed by atoms with Crippen molar-refractivity contribution in [2.75, 3.05) is 12.4 Å². The Balaban J connectivity index is 2.89. The summed E-state index contributed by atoms with van der Waals surface area (Å²) in [6, 6.07) is 1.17. The minimum atomic E-state index is -0.716. The van der Waals surface area contributed by atoms with Crippen molar-refractivity contribution in [3.05, 3.63) is 22.4 Å². The minimum Gasteiger partial charge on any atom is -0.493 e. The molecule has 0 bridgehead atoms. The van der Waals surface area contributed by atoms with Gasteiger partial charge in [0.25, 0.3) is 5.69 Å². The Bertz CT molecular complexity index is 496. The van der Waals surface area contributed by atoms with E-state index in [0.29, 0.717) is 0 Å². The molecule has 8 nitrogen and oxygen atoms in total. The number of amides is 1. The molecule has 19 heavy (non-hydrogen) atoms. The van der Waals surface area contributed by atoms with E-state index in [1.807, 2.05) is 0 Å². The lowest BCUT2D eigenvalue weighted by Crippen LogP contribution is -2.27. The second-order valence-electron chi connectivity index (χ2n) is 4.63. The van der Waals surface area contributed by atoms with Crippen LogP contribution in [-0.4, -0.2) is 28.7 Å². The maximum absolute atomic E-state index is 11.6. The van der Waals surface area contributed by atoms with Crippen LogP contribution in [0.15, 0.2) is 12.3 Å². The van der Waals surface area contributed by atoms with Gasteiger partial charge in [-0.25, -0.2) is 9.78 Å². The van der Waals surface area contributed by atoms with Crippen LogP contribution in [0, 0.1) is 10.1 Å². The Hall–Kier alpha value is -2.38. The molecule has 1 N–H and O–H groups in total. The first-order valence-electron chi connectivity index (χ1n) is 5.41. The number of ether oxygens (including phenoxy) is 2. The summed E-state index contributed by atoms with van der Waals surface area (Å²) in [6.45, 7) is 5.15. The van der Waals surface area contributed by atoms with Crippen molar-refractivity contribution in [1.82, 2.24) is 4.98 Å². The van der Waals surface area contributed by atoms with E-state index in [1.54, 1.807) is 20.8 Å². The van der Waals surface area contributed by atoms with E-state index in [-0.39, 0.29) is 17.3 Å². The summed E-state index contributed by atoms with van der Waals surface area (Å²) in [7, 11) is 1.32. The fraction of sp³-hybridized carbons (Fsp3) is 0.455. The van der Waals surface area contributed by atoms with Gasteiger partial charge in [0.1, 0.15) is 11.8 Å². The molecule has 8 heteroatoms. The third kappa shape index (κ3) is 4.41. The van der Waals surface area contributed by atoms with E-state index in [9.17, 15) is 14.9 Å². The third-order valence-corrected chi connectivity index (χ3v) is 1.89. The monoisotopic (exact) mass is 269 g/mol. The summed E-state index contributed by atoms with van der Waals surface area (Å²) in [6.07, 6.45) is 0.307. The lowest BCUT2D eigenvalue weighted by molar-refractivity contribution is -0.385. The maximum Gasteiger partial charge on any atom is 0.413 e. The maximum atomic E-state index is 11.6. The zero-order chi connectivity index (χ0) is 14.6. The third-order valence-electron chi connectivity index (χ3n) is 1.89. The van der Waals surface area contributed by atoms with Crippen LogP contribution >= 0.6 is 0 Å². The van der Waals surface area contributed by atoms with E-state index in [4.69, 9.17) is 9.47 Å². The van der Waals surface area contributed by atoms with E-state index in [2.05, 4.69) is 10.3 Å². The quantitative estimate of drug-likeness (QED) is 0.667. The average molecular weight is 269 g/mol. The molecule has 0 aromatic carbocycles. The molecule has 1 rings (SSSR count). The lowest BCUT2D eigenvalue weighted by Gasteiger charge is -2.19. The molecule has 104 valence electrons. The van der Waals surface area contributed by atoms with Gasteiger partial charge < -0.3 is 9.47 Å². The second kappa shape index (κ2) is 5.51. The van der Waals surface area contributed by atoms with E-state index in [0.717, 1.165) is 6.20 Å². The molecule has 0 unspecified atom stereocenters. The van der Waals surface area contributed by atoms with Crippen LogP contribution in [0.1, 0.15) is 20.8 Å². The van der Waals surface area contributed by atoms with Crippen LogP contribution in [0.5, 0.6) is 5.75 Å². The highest BCUT2D eigenvalue weighted by molar-refractivity contribution is 5.85. The van der Waals surface area contributed by atoms with Crippen LogP contribution in [-0.2, 0) is 4.74 Å². The molecule has 1 aromatic heterocycles. The Kier molecular flexibility index (Phi) is 4.26. The molecule has 0 radical (unpaired) electrons. The van der Waals surface area contributed by atoms with E-state index >= 15 is 0 Å². The molecule has 0 atom stereocenters. The number of carbonyl (C=O) groups excluding carboxylic acids is 1. The first kappa shape index (κ1) is 14.7. The van der Waals surface area contributed by atoms with E-state index < -0.39 is 16.6 Å². The van der Waals surface area contributed by atoms with Crippen LogP contribution in [0.3, 0.4) is 0 Å². The molecule has 0 aliphatic rings. The Morgan fingerprint density at radius 1 is 1.47 bits per heavy atom. The zero-order valence-corrected chi connectivity index (χ0v) is 11.1. The first-order chi connectivity index (χ1) is 8.73. The van der Waals surface area contributed by atoms with Crippen LogP contribution in [0.2, 0.25) is 0 Å². The van der Waals surface area contributed by atoms with Gasteiger partial charge in [0.2, 0.25) is 0 Å². The molecule has 1 aromatic rings. The lowest BCUT2D eigenvalue weighted by atomic mass is 10.2. The molecule has 1 heterocycles. The zero-order valence-electron chi connectivity index (χ0n) is 11.1. The number of hydrogen-bond donors (Lipinski definition) is 1. The number of nitrogens with zero attached hydrogens (tertiary/aromatic N) is 2. The first-order valence-corrected chi connectivity index (χ1v) is 5.41. The fourth-order valence-electron chi connectivity index (χ4n) is 1.18. The van der Waals surface area contributed by atoms with Crippen LogP contribution in [0.25, 0.3) is 0 Å². The van der Waals surface area contributed by atoms with Crippen molar-refractivity contribution in [1.29, 1.82) is 0 Å². The molecule has 0 aliphatic heterocycles. The number of methoxy groups -OCH3 is 1. The average Bonchev–Trinajstić information content (AvgIpc) is 2.26. The number of nitro groups is 1. The van der Waals surface area contributed by atoms with Crippen molar-refractivity contribution >= 4 is 17.6 Å². The minimum absolute atomic E-state index is 0.0577. The standard InChI is InChI=1S/C11H15N3O5/c1-11(2,3)19-10(15)13-9-8(18-4)5-7(6-12-9)14(16)17/h5-6H,1-4H3,(H,12,13,15). The molecule has 0 saturated heterocycles. The van der Waals surface area contributed by atoms with Gasteiger partial charge in [-0.3, -0.25) is 15.4 Å². The second-order valence-corrected chi connectivity index (χ2v) is 4.63. The number of pyridine rings is 1. The number of anilines is 1. The SMILES string of the molecule is COc1cc([N+](=O)[O-])cnc1NC(=O)OC(C)(C)C. The van der Waals surface area contributed by atoms with E-state index in [1.165, 1.54) is 13.2 Å². The van der Waals surface area contributed by atoms with Crippen molar-refractivity contribution in [3.63, 3.8) is 0 Å². The topological polar surface area (TPSA) is 104 Å². The van der Waals surface area contributed by atoms with Crippen molar-refractivity contribution in [3.8, 4) is 5.75 Å². The molecule has 0 aliphatic carbocycles.